The second kappa shape index (κ2) is 8.52. The zero-order valence-corrected chi connectivity index (χ0v) is 13.1. The number of carbonyl (C=O) groups excluding carboxylic acids is 2. The minimum absolute atomic E-state index is 0.136. The maximum atomic E-state index is 13.5. The van der Waals surface area contributed by atoms with Crippen molar-refractivity contribution in [2.45, 2.75) is 0 Å². The first kappa shape index (κ1) is 17.3. The average molecular weight is 331 g/mol. The number of carbonyl (C=O) groups is 2. The number of halogens is 1. The van der Waals surface area contributed by atoms with E-state index in [-0.39, 0.29) is 5.56 Å². The van der Waals surface area contributed by atoms with Gasteiger partial charge in [-0.05, 0) is 30.3 Å². The van der Waals surface area contributed by atoms with Gasteiger partial charge < -0.3 is 20.7 Å². The van der Waals surface area contributed by atoms with Gasteiger partial charge in [0.15, 0.2) is 0 Å². The first-order valence-corrected chi connectivity index (χ1v) is 7.34. The predicted molar refractivity (Wildman–Crippen MR) is 88.7 cm³/mol. The molecule has 6 nitrogen and oxygen atoms in total. The number of ether oxygens (including phenoxy) is 1. The first-order chi connectivity index (χ1) is 11.6. The van der Waals surface area contributed by atoms with E-state index in [1.54, 1.807) is 0 Å². The van der Waals surface area contributed by atoms with Crippen LogP contribution < -0.4 is 20.7 Å². The van der Waals surface area contributed by atoms with Crippen molar-refractivity contribution >= 4 is 17.6 Å². The Balaban J connectivity index is 1.81. The molecule has 0 saturated carbocycles. The summed E-state index contributed by atoms with van der Waals surface area (Å²) in [5, 5.41) is 7.48. The van der Waals surface area contributed by atoms with Crippen molar-refractivity contribution in [3.05, 3.63) is 59.9 Å². The first-order valence-electron chi connectivity index (χ1n) is 7.34. The van der Waals surface area contributed by atoms with Crippen molar-refractivity contribution in [3.63, 3.8) is 0 Å². The fourth-order valence-electron chi connectivity index (χ4n) is 1.94. The molecule has 0 unspecified atom stereocenters. The third-order valence-corrected chi connectivity index (χ3v) is 3.10. The molecule has 2 aromatic carbocycles. The van der Waals surface area contributed by atoms with E-state index in [1.807, 2.05) is 30.3 Å². The predicted octanol–water partition coefficient (Wildman–Crippen LogP) is 2.39. The summed E-state index contributed by atoms with van der Waals surface area (Å²) in [4.78, 5) is 23.3. The van der Waals surface area contributed by atoms with Gasteiger partial charge in [-0.25, -0.2) is 9.18 Å². The lowest BCUT2D eigenvalue weighted by Gasteiger charge is -2.10. The molecule has 24 heavy (non-hydrogen) atoms. The second-order valence-electron chi connectivity index (χ2n) is 4.82. The molecule has 0 heterocycles. The number of hydrogen-bond acceptors (Lipinski definition) is 3. The Bertz CT molecular complexity index is 707. The van der Waals surface area contributed by atoms with Crippen LogP contribution in [0.15, 0.2) is 48.5 Å². The summed E-state index contributed by atoms with van der Waals surface area (Å²) >= 11 is 0. The fourth-order valence-corrected chi connectivity index (χ4v) is 1.94. The highest BCUT2D eigenvalue weighted by molar-refractivity contribution is 5.96. The van der Waals surface area contributed by atoms with Gasteiger partial charge in [-0.2, -0.15) is 0 Å². The molecule has 3 amide bonds. The quantitative estimate of drug-likeness (QED) is 0.711. The highest BCUT2D eigenvalue weighted by Gasteiger charge is 2.11. The van der Waals surface area contributed by atoms with E-state index in [1.165, 1.54) is 19.2 Å². The van der Waals surface area contributed by atoms with Crippen LogP contribution in [0.5, 0.6) is 5.75 Å². The lowest BCUT2D eigenvalue weighted by molar-refractivity contribution is 0.0959. The van der Waals surface area contributed by atoms with Crippen LogP contribution in [0, 0.1) is 5.82 Å². The maximum absolute atomic E-state index is 13.5. The van der Waals surface area contributed by atoms with Crippen LogP contribution in [0.2, 0.25) is 0 Å². The maximum Gasteiger partial charge on any atom is 0.319 e. The van der Waals surface area contributed by atoms with Crippen molar-refractivity contribution in [2.75, 3.05) is 25.5 Å². The van der Waals surface area contributed by atoms with Crippen LogP contribution in [-0.2, 0) is 0 Å². The Morgan fingerprint density at radius 1 is 1.12 bits per heavy atom. The van der Waals surface area contributed by atoms with Crippen LogP contribution in [0.4, 0.5) is 14.9 Å². The third kappa shape index (κ3) is 4.98. The minimum Gasteiger partial charge on any atom is -0.492 e. The molecule has 3 N–H and O–H groups in total. The van der Waals surface area contributed by atoms with Gasteiger partial charge in [-0.15, -0.1) is 0 Å². The van der Waals surface area contributed by atoms with Crippen molar-refractivity contribution in [1.29, 1.82) is 0 Å². The van der Waals surface area contributed by atoms with E-state index >= 15 is 0 Å². The molecular weight excluding hydrogens is 313 g/mol. The molecule has 0 spiro atoms. The van der Waals surface area contributed by atoms with Crippen LogP contribution in [0.1, 0.15) is 10.4 Å². The molecule has 0 saturated heterocycles. The van der Waals surface area contributed by atoms with Crippen LogP contribution in [0.25, 0.3) is 0 Å². The summed E-state index contributed by atoms with van der Waals surface area (Å²) in [7, 11) is 1.40. The summed E-state index contributed by atoms with van der Waals surface area (Å²) in [5.74, 6) is -0.502. The summed E-state index contributed by atoms with van der Waals surface area (Å²) < 4.78 is 19.0. The summed E-state index contributed by atoms with van der Waals surface area (Å²) in [5.41, 5.74) is 0.180. The number of benzene rings is 2. The highest BCUT2D eigenvalue weighted by atomic mass is 19.1. The number of urea groups is 1. The van der Waals surface area contributed by atoms with Crippen LogP contribution >= 0.6 is 0 Å². The Morgan fingerprint density at radius 2 is 1.88 bits per heavy atom. The number of hydrogen-bond donors (Lipinski definition) is 3. The molecule has 0 fully saturated rings. The largest absolute Gasteiger partial charge is 0.492 e. The van der Waals surface area contributed by atoms with E-state index in [0.717, 1.165) is 6.07 Å². The topological polar surface area (TPSA) is 79.5 Å². The van der Waals surface area contributed by atoms with Crippen molar-refractivity contribution in [2.24, 2.45) is 0 Å². The van der Waals surface area contributed by atoms with Gasteiger partial charge in [0.2, 0.25) is 0 Å². The van der Waals surface area contributed by atoms with Crippen molar-refractivity contribution in [1.82, 2.24) is 10.6 Å². The normalized spacial score (nSPS) is 9.92. The second-order valence-corrected chi connectivity index (χ2v) is 4.82. The molecule has 7 heteroatoms. The smallest absolute Gasteiger partial charge is 0.319 e. The van der Waals surface area contributed by atoms with Crippen LogP contribution in [0.3, 0.4) is 0 Å². The van der Waals surface area contributed by atoms with Crippen molar-refractivity contribution < 1.29 is 18.7 Å². The molecule has 0 aliphatic carbocycles. The zero-order chi connectivity index (χ0) is 17.4. The van der Waals surface area contributed by atoms with Gasteiger partial charge >= 0.3 is 6.03 Å². The Morgan fingerprint density at radius 3 is 2.58 bits per heavy atom. The third-order valence-electron chi connectivity index (χ3n) is 3.10. The number of rotatable bonds is 6. The van der Waals surface area contributed by atoms with E-state index < -0.39 is 17.8 Å². The van der Waals surface area contributed by atoms with Gasteiger partial charge in [0.05, 0.1) is 12.1 Å². The molecular formula is C17H18FN3O3. The molecule has 2 aromatic rings. The molecule has 0 aliphatic rings. The summed E-state index contributed by atoms with van der Waals surface area (Å²) in [6, 6.07) is 12.5. The molecule has 126 valence electrons. The lowest BCUT2D eigenvalue weighted by Crippen LogP contribution is -2.32. The SMILES string of the molecule is CNC(=O)c1cc(NC(=O)NCCOc2ccccc2)ccc1F. The molecule has 0 bridgehead atoms. The standard InChI is InChI=1S/C17H18FN3O3/c1-19-16(22)14-11-12(7-8-15(14)18)21-17(23)20-9-10-24-13-5-3-2-4-6-13/h2-8,11H,9-10H2,1H3,(H,19,22)(H2,20,21,23). The molecule has 0 aliphatic heterocycles. The van der Waals surface area contributed by atoms with E-state index in [0.29, 0.717) is 24.6 Å². The molecule has 2 rings (SSSR count). The molecule has 0 atom stereocenters. The zero-order valence-electron chi connectivity index (χ0n) is 13.1. The van der Waals surface area contributed by atoms with Gasteiger partial charge in [0, 0.05) is 12.7 Å². The average Bonchev–Trinajstić information content (AvgIpc) is 2.60. The number of nitrogens with one attached hydrogen (secondary N) is 3. The summed E-state index contributed by atoms with van der Waals surface area (Å²) in [6.07, 6.45) is 0. The Labute approximate surface area is 139 Å². The monoisotopic (exact) mass is 331 g/mol. The van der Waals surface area contributed by atoms with Gasteiger partial charge in [0.1, 0.15) is 18.2 Å². The highest BCUT2D eigenvalue weighted by Crippen LogP contribution is 2.14. The van der Waals surface area contributed by atoms with Gasteiger partial charge in [0.25, 0.3) is 5.91 Å². The van der Waals surface area contributed by atoms with E-state index in [2.05, 4.69) is 16.0 Å². The van der Waals surface area contributed by atoms with E-state index in [9.17, 15) is 14.0 Å². The number of amides is 3. The van der Waals surface area contributed by atoms with Gasteiger partial charge in [-0.3, -0.25) is 4.79 Å². The molecule has 0 aromatic heterocycles. The van der Waals surface area contributed by atoms with E-state index in [4.69, 9.17) is 4.74 Å². The Kier molecular flexibility index (Phi) is 6.13. The minimum atomic E-state index is -0.656. The van der Waals surface area contributed by atoms with Gasteiger partial charge in [-0.1, -0.05) is 18.2 Å². The lowest BCUT2D eigenvalue weighted by atomic mass is 10.1. The van der Waals surface area contributed by atoms with Crippen molar-refractivity contribution in [3.8, 4) is 5.75 Å². The number of para-hydroxylation sites is 1. The summed E-state index contributed by atoms with van der Waals surface area (Å²) in [6.45, 7) is 0.606. The fraction of sp³-hybridized carbons (Fsp3) is 0.176. The molecule has 0 radical (unpaired) electrons. The Hall–Kier alpha value is -3.09. The number of anilines is 1. The van der Waals surface area contributed by atoms with Crippen LogP contribution in [-0.4, -0.2) is 32.1 Å².